The summed E-state index contributed by atoms with van der Waals surface area (Å²) in [7, 11) is 0. The van der Waals surface area contributed by atoms with Gasteiger partial charge in [0, 0.05) is 12.6 Å². The minimum atomic E-state index is -0.0609. The van der Waals surface area contributed by atoms with E-state index in [1.807, 2.05) is 0 Å². The minimum Gasteiger partial charge on any atom is -0.335 e. The average molecular weight is 260 g/mol. The number of amides is 2. The number of urea groups is 1. The lowest BCUT2D eigenvalue weighted by atomic mass is 10.1. The molecule has 1 aromatic rings. The summed E-state index contributed by atoms with van der Waals surface area (Å²) >= 11 is 0. The fourth-order valence-corrected chi connectivity index (χ4v) is 2.65. The van der Waals surface area contributed by atoms with Crippen LogP contribution >= 0.6 is 0 Å². The predicted molar refractivity (Wildman–Crippen MR) is 78.2 cm³/mol. The summed E-state index contributed by atoms with van der Waals surface area (Å²) in [6.45, 7) is 4.79. The molecule has 0 bridgehead atoms. The molecule has 0 radical (unpaired) electrons. The zero-order valence-corrected chi connectivity index (χ0v) is 12.0. The summed E-state index contributed by atoms with van der Waals surface area (Å²) in [5.41, 5.74) is 4.13. The van der Waals surface area contributed by atoms with Crippen LogP contribution in [0.15, 0.2) is 18.2 Å². The predicted octanol–water partition coefficient (Wildman–Crippen LogP) is 3.16. The van der Waals surface area contributed by atoms with Crippen molar-refractivity contribution in [3.8, 4) is 0 Å². The quantitative estimate of drug-likeness (QED) is 0.839. The third-order valence-electron chi connectivity index (χ3n) is 3.94. The maximum Gasteiger partial charge on any atom is 0.315 e. The molecule has 0 saturated heterocycles. The molecular weight excluding hydrogens is 236 g/mol. The zero-order chi connectivity index (χ0) is 13.7. The van der Waals surface area contributed by atoms with E-state index in [2.05, 4.69) is 42.7 Å². The molecule has 3 nitrogen and oxygen atoms in total. The number of hydrogen-bond acceptors (Lipinski definition) is 1. The van der Waals surface area contributed by atoms with Crippen LogP contribution in [0.5, 0.6) is 0 Å². The smallest absolute Gasteiger partial charge is 0.315 e. The molecule has 0 aliphatic heterocycles. The van der Waals surface area contributed by atoms with E-state index in [4.69, 9.17) is 0 Å². The number of rotatable bonds is 5. The van der Waals surface area contributed by atoms with Gasteiger partial charge >= 0.3 is 6.03 Å². The summed E-state index contributed by atoms with van der Waals surface area (Å²) in [5, 5.41) is 5.93. The van der Waals surface area contributed by atoms with Crippen molar-refractivity contribution in [3.05, 3.63) is 34.9 Å². The van der Waals surface area contributed by atoms with Crippen molar-refractivity contribution in [3.63, 3.8) is 0 Å². The lowest BCUT2D eigenvalue weighted by Gasteiger charge is -2.15. The van der Waals surface area contributed by atoms with E-state index in [-0.39, 0.29) is 12.1 Å². The lowest BCUT2D eigenvalue weighted by Crippen LogP contribution is -2.41. The molecule has 3 heteroatoms. The number of carbonyl (C=O) groups is 1. The summed E-state index contributed by atoms with van der Waals surface area (Å²) in [5.74, 6) is 0. The lowest BCUT2D eigenvalue weighted by molar-refractivity contribution is 0.235. The van der Waals surface area contributed by atoms with Crippen LogP contribution in [-0.2, 0) is 19.4 Å². The Bertz CT molecular complexity index is 438. The number of aryl methyl sites for hydroxylation is 2. The second-order valence-electron chi connectivity index (χ2n) is 5.30. The van der Waals surface area contributed by atoms with E-state index >= 15 is 0 Å². The van der Waals surface area contributed by atoms with E-state index in [1.165, 1.54) is 36.0 Å². The van der Waals surface area contributed by atoms with E-state index in [0.717, 1.165) is 12.8 Å². The van der Waals surface area contributed by atoms with Crippen LogP contribution in [0.3, 0.4) is 0 Å². The van der Waals surface area contributed by atoms with Crippen molar-refractivity contribution in [1.82, 2.24) is 10.6 Å². The van der Waals surface area contributed by atoms with Gasteiger partial charge in [-0.2, -0.15) is 0 Å². The molecule has 0 aromatic heterocycles. The number of benzene rings is 1. The molecule has 2 amide bonds. The van der Waals surface area contributed by atoms with Gasteiger partial charge in [-0.25, -0.2) is 4.79 Å². The summed E-state index contributed by atoms with van der Waals surface area (Å²) in [6, 6.07) is 6.79. The molecular formula is C16H24N2O. The average Bonchev–Trinajstić information content (AvgIpc) is 2.89. The molecule has 1 aliphatic rings. The first-order chi connectivity index (χ1) is 9.22. The van der Waals surface area contributed by atoms with Crippen LogP contribution < -0.4 is 10.6 Å². The molecule has 19 heavy (non-hydrogen) atoms. The van der Waals surface area contributed by atoms with Crippen LogP contribution in [0.25, 0.3) is 0 Å². The molecule has 1 aromatic carbocycles. The van der Waals surface area contributed by atoms with Crippen LogP contribution in [0.1, 0.15) is 49.8 Å². The topological polar surface area (TPSA) is 41.1 Å². The van der Waals surface area contributed by atoms with Gasteiger partial charge in [0.2, 0.25) is 0 Å². The summed E-state index contributed by atoms with van der Waals surface area (Å²) in [4.78, 5) is 11.8. The van der Waals surface area contributed by atoms with Crippen molar-refractivity contribution >= 4 is 6.03 Å². The van der Waals surface area contributed by atoms with Gasteiger partial charge in [-0.15, -0.1) is 0 Å². The fraction of sp³-hybridized carbons (Fsp3) is 0.562. The molecule has 0 fully saturated rings. The van der Waals surface area contributed by atoms with Crippen LogP contribution in [0.2, 0.25) is 0 Å². The van der Waals surface area contributed by atoms with E-state index in [0.29, 0.717) is 6.54 Å². The number of carbonyl (C=O) groups excluding carboxylic acids is 1. The molecule has 0 spiro atoms. The van der Waals surface area contributed by atoms with Gasteiger partial charge in [-0.05, 0) is 48.8 Å². The number of hydrogen-bond donors (Lipinski definition) is 2. The van der Waals surface area contributed by atoms with Gasteiger partial charge in [-0.1, -0.05) is 32.0 Å². The Kier molecular flexibility index (Phi) is 4.83. The van der Waals surface area contributed by atoms with Crippen molar-refractivity contribution in [2.24, 2.45) is 0 Å². The maximum absolute atomic E-state index is 11.8. The summed E-state index contributed by atoms with van der Waals surface area (Å²) < 4.78 is 0. The number of fused-ring (bicyclic) bond motifs is 1. The highest BCUT2D eigenvalue weighted by Gasteiger charge is 2.11. The highest BCUT2D eigenvalue weighted by molar-refractivity contribution is 5.74. The van der Waals surface area contributed by atoms with Gasteiger partial charge < -0.3 is 10.6 Å². The highest BCUT2D eigenvalue weighted by atomic mass is 16.2. The Morgan fingerprint density at radius 2 is 1.95 bits per heavy atom. The van der Waals surface area contributed by atoms with E-state index in [1.54, 1.807) is 0 Å². The highest BCUT2D eigenvalue weighted by Crippen LogP contribution is 2.22. The summed E-state index contributed by atoms with van der Waals surface area (Å²) in [6.07, 6.45) is 5.61. The normalized spacial score (nSPS) is 13.4. The first-order valence-corrected chi connectivity index (χ1v) is 7.38. The van der Waals surface area contributed by atoms with Gasteiger partial charge in [0.15, 0.2) is 0 Å². The third kappa shape index (κ3) is 3.72. The third-order valence-corrected chi connectivity index (χ3v) is 3.94. The van der Waals surface area contributed by atoms with Gasteiger partial charge in [0.05, 0.1) is 0 Å². The van der Waals surface area contributed by atoms with E-state index < -0.39 is 0 Å². The Hall–Kier alpha value is -1.51. The molecule has 0 saturated carbocycles. The van der Waals surface area contributed by atoms with Crippen LogP contribution in [0, 0.1) is 0 Å². The molecule has 0 unspecified atom stereocenters. The van der Waals surface area contributed by atoms with Crippen LogP contribution in [0.4, 0.5) is 4.79 Å². The van der Waals surface area contributed by atoms with Crippen molar-refractivity contribution < 1.29 is 4.79 Å². The van der Waals surface area contributed by atoms with E-state index in [9.17, 15) is 4.79 Å². The molecule has 1 aliphatic carbocycles. The Labute approximate surface area is 115 Å². The van der Waals surface area contributed by atoms with Crippen molar-refractivity contribution in [1.29, 1.82) is 0 Å². The second kappa shape index (κ2) is 6.60. The molecule has 2 rings (SSSR count). The fourth-order valence-electron chi connectivity index (χ4n) is 2.65. The molecule has 104 valence electrons. The maximum atomic E-state index is 11.8. The zero-order valence-electron chi connectivity index (χ0n) is 12.0. The van der Waals surface area contributed by atoms with Gasteiger partial charge in [0.1, 0.15) is 0 Å². The molecule has 2 N–H and O–H groups in total. The minimum absolute atomic E-state index is 0.0609. The van der Waals surface area contributed by atoms with Gasteiger partial charge in [0.25, 0.3) is 0 Å². The van der Waals surface area contributed by atoms with Crippen molar-refractivity contribution in [2.75, 3.05) is 0 Å². The monoisotopic (exact) mass is 260 g/mol. The standard InChI is InChI=1S/C16H24N2O/c1-3-15(4-2)18-16(19)17-11-12-8-9-13-6-5-7-14(13)10-12/h8-10,15H,3-7,11H2,1-2H3,(H2,17,18,19). The Morgan fingerprint density at radius 1 is 1.21 bits per heavy atom. The Morgan fingerprint density at radius 3 is 2.68 bits per heavy atom. The Balaban J connectivity index is 1.83. The van der Waals surface area contributed by atoms with Crippen molar-refractivity contribution in [2.45, 2.75) is 58.5 Å². The first kappa shape index (κ1) is 13.9. The molecule has 0 heterocycles. The SMILES string of the molecule is CCC(CC)NC(=O)NCc1ccc2c(c1)CCC2. The second-order valence-corrected chi connectivity index (χ2v) is 5.30. The largest absolute Gasteiger partial charge is 0.335 e. The first-order valence-electron chi connectivity index (χ1n) is 7.38. The van der Waals surface area contributed by atoms with Crippen LogP contribution in [-0.4, -0.2) is 12.1 Å². The number of nitrogens with one attached hydrogen (secondary N) is 2. The molecule has 0 atom stereocenters. The van der Waals surface area contributed by atoms with Gasteiger partial charge in [-0.3, -0.25) is 0 Å².